The van der Waals surface area contributed by atoms with Crippen molar-refractivity contribution < 1.29 is 14.6 Å². The lowest BCUT2D eigenvalue weighted by atomic mass is 9.97. The Morgan fingerprint density at radius 1 is 1.39 bits per heavy atom. The number of nitrogens with zero attached hydrogens (tertiary/aromatic N) is 1. The van der Waals surface area contributed by atoms with Crippen molar-refractivity contribution in [2.75, 3.05) is 33.3 Å². The van der Waals surface area contributed by atoms with Crippen LogP contribution in [0.5, 0.6) is 5.75 Å². The van der Waals surface area contributed by atoms with Crippen LogP contribution >= 0.6 is 0 Å². The first-order valence-electron chi connectivity index (χ1n) is 8.31. The van der Waals surface area contributed by atoms with Gasteiger partial charge in [0.15, 0.2) is 0 Å². The zero-order chi connectivity index (χ0) is 16.8. The second-order valence-electron chi connectivity index (χ2n) is 6.50. The van der Waals surface area contributed by atoms with Gasteiger partial charge in [-0.25, -0.2) is 0 Å². The first-order valence-corrected chi connectivity index (χ1v) is 8.31. The molecule has 128 valence electrons. The molecular formula is C18H28N2O3. The summed E-state index contributed by atoms with van der Waals surface area (Å²) in [6.07, 6.45) is 1.35. The van der Waals surface area contributed by atoms with Gasteiger partial charge in [0.25, 0.3) is 0 Å². The zero-order valence-corrected chi connectivity index (χ0v) is 14.3. The number of rotatable bonds is 6. The number of hydrogen-bond acceptors (Lipinski definition) is 4. The van der Waals surface area contributed by atoms with Crippen molar-refractivity contribution in [3.63, 3.8) is 0 Å². The SMILES string of the molecule is CNC(=O)C1CCCN(CC(O)COc2cc(C)cc(C)c2)C1. The Morgan fingerprint density at radius 2 is 2.09 bits per heavy atom. The number of likely N-dealkylation sites (tertiary alicyclic amines) is 1. The molecule has 2 rings (SSSR count). The van der Waals surface area contributed by atoms with Crippen molar-refractivity contribution in [3.05, 3.63) is 29.3 Å². The van der Waals surface area contributed by atoms with Gasteiger partial charge in [-0.05, 0) is 56.5 Å². The van der Waals surface area contributed by atoms with Gasteiger partial charge in [0, 0.05) is 20.1 Å². The number of amides is 1. The smallest absolute Gasteiger partial charge is 0.224 e. The number of aryl methyl sites for hydroxylation is 2. The first kappa shape index (κ1) is 17.8. The van der Waals surface area contributed by atoms with E-state index in [1.165, 1.54) is 0 Å². The molecule has 0 aromatic heterocycles. The molecule has 1 saturated heterocycles. The van der Waals surface area contributed by atoms with Crippen molar-refractivity contribution in [1.82, 2.24) is 10.2 Å². The molecule has 1 amide bonds. The Kier molecular flexibility index (Phi) is 6.42. The second kappa shape index (κ2) is 8.31. The summed E-state index contributed by atoms with van der Waals surface area (Å²) < 4.78 is 5.71. The quantitative estimate of drug-likeness (QED) is 0.834. The average molecular weight is 320 g/mol. The number of benzene rings is 1. The predicted octanol–water partition coefficient (Wildman–Crippen LogP) is 1.50. The summed E-state index contributed by atoms with van der Waals surface area (Å²) in [5, 5.41) is 12.9. The normalized spacial score (nSPS) is 20.1. The highest BCUT2D eigenvalue weighted by Crippen LogP contribution is 2.18. The fraction of sp³-hybridized carbons (Fsp3) is 0.611. The van der Waals surface area contributed by atoms with E-state index in [4.69, 9.17) is 4.74 Å². The van der Waals surface area contributed by atoms with Crippen LogP contribution in [0.2, 0.25) is 0 Å². The molecular weight excluding hydrogens is 292 g/mol. The molecule has 0 radical (unpaired) electrons. The van der Waals surface area contributed by atoms with Crippen LogP contribution in [0.3, 0.4) is 0 Å². The number of carbonyl (C=O) groups excluding carboxylic acids is 1. The molecule has 0 bridgehead atoms. The maximum Gasteiger partial charge on any atom is 0.224 e. The van der Waals surface area contributed by atoms with E-state index < -0.39 is 6.10 Å². The van der Waals surface area contributed by atoms with Crippen molar-refractivity contribution in [1.29, 1.82) is 0 Å². The Bertz CT molecular complexity index is 513. The lowest BCUT2D eigenvalue weighted by Crippen LogP contribution is -2.45. The van der Waals surface area contributed by atoms with Crippen LogP contribution in [0.25, 0.3) is 0 Å². The van der Waals surface area contributed by atoms with Crippen LogP contribution in [0.4, 0.5) is 0 Å². The highest BCUT2D eigenvalue weighted by Gasteiger charge is 2.26. The molecule has 1 aliphatic heterocycles. The van der Waals surface area contributed by atoms with E-state index in [0.29, 0.717) is 13.1 Å². The van der Waals surface area contributed by atoms with E-state index >= 15 is 0 Å². The number of aliphatic hydroxyl groups is 1. The van der Waals surface area contributed by atoms with Gasteiger partial charge < -0.3 is 15.2 Å². The molecule has 1 fully saturated rings. The van der Waals surface area contributed by atoms with E-state index in [9.17, 15) is 9.90 Å². The van der Waals surface area contributed by atoms with Gasteiger partial charge in [-0.3, -0.25) is 9.69 Å². The van der Waals surface area contributed by atoms with Crippen molar-refractivity contribution in [2.45, 2.75) is 32.8 Å². The van der Waals surface area contributed by atoms with Crippen molar-refractivity contribution >= 4 is 5.91 Å². The van der Waals surface area contributed by atoms with Gasteiger partial charge in [0.05, 0.1) is 5.92 Å². The van der Waals surface area contributed by atoms with Crippen LogP contribution < -0.4 is 10.1 Å². The number of β-amino-alcohol motifs (C(OH)–C–C–N with tert-alkyl or cyclic N) is 1. The number of piperidine rings is 1. The molecule has 2 atom stereocenters. The molecule has 1 aliphatic rings. The third-order valence-electron chi connectivity index (χ3n) is 4.23. The Labute approximate surface area is 138 Å². The molecule has 2 N–H and O–H groups in total. The highest BCUT2D eigenvalue weighted by atomic mass is 16.5. The number of hydrogen-bond donors (Lipinski definition) is 2. The van der Waals surface area contributed by atoms with Crippen molar-refractivity contribution in [2.24, 2.45) is 5.92 Å². The Hall–Kier alpha value is -1.59. The van der Waals surface area contributed by atoms with Crippen LogP contribution in [0.1, 0.15) is 24.0 Å². The topological polar surface area (TPSA) is 61.8 Å². The lowest BCUT2D eigenvalue weighted by Gasteiger charge is -2.32. The van der Waals surface area contributed by atoms with E-state index in [-0.39, 0.29) is 18.4 Å². The van der Waals surface area contributed by atoms with E-state index in [1.807, 2.05) is 26.0 Å². The van der Waals surface area contributed by atoms with Gasteiger partial charge in [-0.2, -0.15) is 0 Å². The zero-order valence-electron chi connectivity index (χ0n) is 14.3. The van der Waals surface area contributed by atoms with Gasteiger partial charge in [-0.1, -0.05) is 6.07 Å². The van der Waals surface area contributed by atoms with Gasteiger partial charge in [-0.15, -0.1) is 0 Å². The standard InChI is InChI=1S/C18H28N2O3/c1-13-7-14(2)9-17(8-13)23-12-16(21)11-20-6-4-5-15(10-20)18(22)19-3/h7-9,15-16,21H,4-6,10-12H2,1-3H3,(H,19,22). The number of nitrogens with one attached hydrogen (secondary N) is 1. The largest absolute Gasteiger partial charge is 0.491 e. The molecule has 0 aliphatic carbocycles. The van der Waals surface area contributed by atoms with Gasteiger partial charge >= 0.3 is 0 Å². The number of carbonyl (C=O) groups is 1. The summed E-state index contributed by atoms with van der Waals surface area (Å²) in [6.45, 7) is 6.50. The first-order chi connectivity index (χ1) is 11.0. The summed E-state index contributed by atoms with van der Waals surface area (Å²) in [5.74, 6) is 0.917. The average Bonchev–Trinajstić information content (AvgIpc) is 2.51. The second-order valence-corrected chi connectivity index (χ2v) is 6.50. The monoisotopic (exact) mass is 320 g/mol. The fourth-order valence-electron chi connectivity index (χ4n) is 3.20. The third kappa shape index (κ3) is 5.52. The maximum atomic E-state index is 11.7. The summed E-state index contributed by atoms with van der Waals surface area (Å²) in [7, 11) is 1.67. The molecule has 1 heterocycles. The van der Waals surface area contributed by atoms with E-state index in [1.54, 1.807) is 7.05 Å². The molecule has 23 heavy (non-hydrogen) atoms. The third-order valence-corrected chi connectivity index (χ3v) is 4.23. The molecule has 0 spiro atoms. The fourth-order valence-corrected chi connectivity index (χ4v) is 3.20. The van der Waals surface area contributed by atoms with Gasteiger partial charge in [0.2, 0.25) is 5.91 Å². The summed E-state index contributed by atoms with van der Waals surface area (Å²) in [6, 6.07) is 6.04. The van der Waals surface area contributed by atoms with Crippen LogP contribution in [0.15, 0.2) is 18.2 Å². The molecule has 5 heteroatoms. The van der Waals surface area contributed by atoms with Crippen molar-refractivity contribution in [3.8, 4) is 5.75 Å². The molecule has 1 aromatic carbocycles. The van der Waals surface area contributed by atoms with E-state index in [0.717, 1.165) is 36.3 Å². The summed E-state index contributed by atoms with van der Waals surface area (Å²) in [4.78, 5) is 13.9. The number of ether oxygens (including phenoxy) is 1. The van der Waals surface area contributed by atoms with Crippen LogP contribution in [0, 0.1) is 19.8 Å². The summed E-state index contributed by atoms with van der Waals surface area (Å²) >= 11 is 0. The Balaban J connectivity index is 1.80. The van der Waals surface area contributed by atoms with Crippen LogP contribution in [-0.4, -0.2) is 55.3 Å². The lowest BCUT2D eigenvalue weighted by molar-refractivity contribution is -0.126. The minimum atomic E-state index is -0.556. The van der Waals surface area contributed by atoms with E-state index in [2.05, 4.69) is 16.3 Å². The Morgan fingerprint density at radius 3 is 2.74 bits per heavy atom. The predicted molar refractivity (Wildman–Crippen MR) is 90.6 cm³/mol. The minimum absolute atomic E-state index is 0.0290. The molecule has 0 saturated carbocycles. The maximum absolute atomic E-state index is 11.7. The highest BCUT2D eigenvalue weighted by molar-refractivity contribution is 5.78. The van der Waals surface area contributed by atoms with Crippen LogP contribution in [-0.2, 0) is 4.79 Å². The van der Waals surface area contributed by atoms with Gasteiger partial charge in [0.1, 0.15) is 18.5 Å². The minimum Gasteiger partial charge on any atom is -0.491 e. The molecule has 2 unspecified atom stereocenters. The summed E-state index contributed by atoms with van der Waals surface area (Å²) in [5.41, 5.74) is 2.30. The molecule has 1 aromatic rings. The number of aliphatic hydroxyl groups excluding tert-OH is 1. The molecule has 5 nitrogen and oxygen atoms in total.